The number of aromatic nitrogens is 1. The Bertz CT molecular complexity index is 2050. The summed E-state index contributed by atoms with van der Waals surface area (Å²) in [5.41, 5.74) is 1.11. The highest BCUT2D eigenvalue weighted by atomic mass is 35.5. The molecule has 2 N–H and O–H groups in total. The van der Waals surface area contributed by atoms with E-state index in [1.807, 2.05) is 4.90 Å². The Hall–Kier alpha value is -4.66. The fraction of sp³-hybridized carbons (Fsp3) is 0.543. The highest BCUT2D eigenvalue weighted by Gasteiger charge is 2.85. The zero-order valence-corrected chi connectivity index (χ0v) is 33.3. The maximum Gasteiger partial charge on any atom is 0.491 e. The molecule has 3 saturated heterocycles. The number of carbonyl (C=O) groups excluding carboxylic acids is 5. The molecule has 3 aliphatic rings. The smallest absolute Gasteiger partial charge is 0.406 e. The van der Waals surface area contributed by atoms with Crippen molar-refractivity contribution in [1.29, 1.82) is 0 Å². The zero-order chi connectivity index (χ0) is 47.3. The lowest BCUT2D eigenvalue weighted by molar-refractivity contribution is -0.393. The molecule has 1 aromatic heterocycles. The van der Waals surface area contributed by atoms with Crippen molar-refractivity contribution >= 4 is 58.8 Å². The molecule has 4 heterocycles. The number of aryl methyl sites for hydroxylation is 1. The summed E-state index contributed by atoms with van der Waals surface area (Å²) in [7, 11) is 0. The SMILES string of the molecule is Cc1cccc(N2C[C@](CCN3CC(N4CCC(N)CC4)C3)(c3ccc(Cl)c(Cl)c3)C(OC(=O)C(F)(F)F)(OC(=O)C(F)(F)F)C(OC(=O)C(F)(F)F)(OC(=O)C(F)(F)F)C2=O)n1. The van der Waals surface area contributed by atoms with Gasteiger partial charge in [0, 0.05) is 50.5 Å². The van der Waals surface area contributed by atoms with Crippen LogP contribution in [0.5, 0.6) is 0 Å². The van der Waals surface area contributed by atoms with Gasteiger partial charge in [-0.15, -0.1) is 0 Å². The second kappa shape index (κ2) is 17.4. The van der Waals surface area contributed by atoms with Crippen molar-refractivity contribution in [3.05, 3.63) is 57.7 Å². The lowest BCUT2D eigenvalue weighted by Crippen LogP contribution is -2.84. The van der Waals surface area contributed by atoms with E-state index in [-0.39, 0.29) is 35.8 Å². The third kappa shape index (κ3) is 9.88. The minimum atomic E-state index is -6.59. The number of esters is 4. The molecule has 2 aromatic rings. The molecule has 1 atom stereocenters. The van der Waals surface area contributed by atoms with Gasteiger partial charge in [0.2, 0.25) is 0 Å². The van der Waals surface area contributed by atoms with Crippen molar-refractivity contribution in [1.82, 2.24) is 14.8 Å². The van der Waals surface area contributed by atoms with Crippen LogP contribution >= 0.6 is 23.2 Å². The molecule has 0 aliphatic carbocycles. The van der Waals surface area contributed by atoms with Crippen molar-refractivity contribution in [3.8, 4) is 0 Å². The Labute approximate surface area is 356 Å². The van der Waals surface area contributed by atoms with E-state index in [1.165, 1.54) is 17.9 Å². The zero-order valence-electron chi connectivity index (χ0n) is 31.8. The molecule has 0 saturated carbocycles. The van der Waals surface area contributed by atoms with E-state index in [0.717, 1.165) is 18.2 Å². The molecule has 63 heavy (non-hydrogen) atoms. The van der Waals surface area contributed by atoms with Crippen LogP contribution in [-0.2, 0) is 48.3 Å². The molecule has 1 aromatic carbocycles. The first-order valence-corrected chi connectivity index (χ1v) is 18.8. The van der Waals surface area contributed by atoms with Gasteiger partial charge >= 0.3 is 66.1 Å². The highest BCUT2D eigenvalue weighted by Crippen LogP contribution is 2.57. The molecular weight excluding hydrogens is 933 g/mol. The summed E-state index contributed by atoms with van der Waals surface area (Å²) in [4.78, 5) is 73.9. The van der Waals surface area contributed by atoms with Gasteiger partial charge in [0.1, 0.15) is 11.2 Å². The number of likely N-dealkylation sites (tertiary alicyclic amines) is 2. The van der Waals surface area contributed by atoms with Gasteiger partial charge in [-0.05, 0) is 62.6 Å². The summed E-state index contributed by atoms with van der Waals surface area (Å²) < 4.78 is 189. The van der Waals surface area contributed by atoms with E-state index in [4.69, 9.17) is 28.9 Å². The summed E-state index contributed by atoms with van der Waals surface area (Å²) >= 11 is 12.3. The van der Waals surface area contributed by atoms with E-state index in [1.54, 1.807) is 0 Å². The number of halogens is 14. The van der Waals surface area contributed by atoms with Gasteiger partial charge in [0.15, 0.2) is 0 Å². The number of nitrogens with two attached hydrogens (primary N) is 1. The van der Waals surface area contributed by atoms with Crippen LogP contribution in [0.4, 0.5) is 58.5 Å². The minimum absolute atomic E-state index is 0.0176. The first kappa shape index (κ1) is 49.4. The van der Waals surface area contributed by atoms with Gasteiger partial charge in [0.05, 0.1) is 10.0 Å². The average molecular weight is 965 g/mol. The summed E-state index contributed by atoms with van der Waals surface area (Å²) in [6.45, 7) is -0.246. The third-order valence-electron chi connectivity index (χ3n) is 10.4. The molecule has 0 unspecified atom stereocenters. The number of rotatable bonds is 10. The van der Waals surface area contributed by atoms with Crippen LogP contribution in [0.2, 0.25) is 10.0 Å². The predicted octanol–water partition coefficient (Wildman–Crippen LogP) is 5.29. The number of carbonyl (C=O) groups is 5. The Balaban J connectivity index is 1.95. The molecule has 348 valence electrons. The van der Waals surface area contributed by atoms with Gasteiger partial charge in [-0.2, -0.15) is 52.7 Å². The van der Waals surface area contributed by atoms with E-state index < -0.39 is 112 Å². The number of hydrogen-bond acceptors (Lipinski definition) is 13. The Kier molecular flexibility index (Phi) is 13.6. The van der Waals surface area contributed by atoms with Crippen molar-refractivity contribution in [3.63, 3.8) is 0 Å². The first-order valence-electron chi connectivity index (χ1n) is 18.0. The van der Waals surface area contributed by atoms with Crippen LogP contribution in [0.3, 0.4) is 0 Å². The Morgan fingerprint density at radius 3 is 1.71 bits per heavy atom. The molecule has 0 radical (unpaired) electrons. The second-order valence-corrected chi connectivity index (χ2v) is 15.4. The van der Waals surface area contributed by atoms with Gasteiger partial charge in [-0.3, -0.25) is 14.6 Å². The number of ether oxygens (including phenoxy) is 4. The molecular formula is C35H31Cl2F12N5O9. The van der Waals surface area contributed by atoms with Crippen LogP contribution in [0.15, 0.2) is 36.4 Å². The molecule has 5 rings (SSSR count). The fourth-order valence-corrected chi connectivity index (χ4v) is 7.64. The van der Waals surface area contributed by atoms with Gasteiger partial charge in [-0.25, -0.2) is 24.2 Å². The molecule has 28 heteroatoms. The maximum absolute atomic E-state index is 14.8. The molecule has 0 bridgehead atoms. The van der Waals surface area contributed by atoms with Crippen LogP contribution in [0, 0.1) is 6.92 Å². The van der Waals surface area contributed by atoms with Gasteiger partial charge < -0.3 is 29.6 Å². The number of piperidine rings is 2. The Morgan fingerprint density at radius 1 is 0.762 bits per heavy atom. The number of pyridine rings is 1. The van der Waals surface area contributed by atoms with Crippen LogP contribution in [0.25, 0.3) is 0 Å². The van der Waals surface area contributed by atoms with Gasteiger partial charge in [-0.1, -0.05) is 35.3 Å². The number of amides is 1. The topological polar surface area (TPSA) is 171 Å². The Morgan fingerprint density at radius 2 is 1.25 bits per heavy atom. The lowest BCUT2D eigenvalue weighted by atomic mass is 9.63. The molecule has 1 amide bonds. The normalized spacial score (nSPS) is 21.7. The van der Waals surface area contributed by atoms with Crippen LogP contribution in [0.1, 0.15) is 30.5 Å². The standard InChI is InChI=1S/C35H31Cl2F12N5O9/c1-17-3-2-4-23(51-17)54-16-29(18-5-6-21(36)22(37)13-18,9-12-52-14-20(15-52)53-10-7-19(50)8-11-53)35(62-27(58)33(44,45)46,63-28(59)34(47,48)49)30(24(54)55,60-25(56)31(38,39)40)61-26(57)32(41,42)43/h2-6,13,19-20H,7-12,14-16,50H2,1H3/t29-/m1/s1. The van der Waals surface area contributed by atoms with E-state index in [2.05, 4.69) is 23.9 Å². The number of hydrogen-bond donors (Lipinski definition) is 1. The van der Waals surface area contributed by atoms with E-state index in [0.29, 0.717) is 38.1 Å². The molecule has 3 fully saturated rings. The van der Waals surface area contributed by atoms with Gasteiger partial charge in [0.25, 0.3) is 0 Å². The van der Waals surface area contributed by atoms with Crippen molar-refractivity contribution in [2.45, 2.75) is 80.0 Å². The third-order valence-corrected chi connectivity index (χ3v) is 11.1. The average Bonchev–Trinajstić information content (AvgIpc) is 3.14. The van der Waals surface area contributed by atoms with Crippen LogP contribution in [-0.4, -0.2) is 132 Å². The summed E-state index contributed by atoms with van der Waals surface area (Å²) in [6, 6.07) is 4.50. The number of benzene rings is 1. The fourth-order valence-electron chi connectivity index (χ4n) is 7.34. The molecule has 3 aliphatic heterocycles. The minimum Gasteiger partial charge on any atom is -0.406 e. The van der Waals surface area contributed by atoms with Crippen molar-refractivity contribution < 1.29 is 95.6 Å². The second-order valence-electron chi connectivity index (χ2n) is 14.6. The van der Waals surface area contributed by atoms with Crippen LogP contribution < -0.4 is 10.6 Å². The largest absolute Gasteiger partial charge is 0.491 e. The monoisotopic (exact) mass is 963 g/mol. The summed E-state index contributed by atoms with van der Waals surface area (Å²) in [5.74, 6) is -30.9. The highest BCUT2D eigenvalue weighted by molar-refractivity contribution is 6.42. The predicted molar refractivity (Wildman–Crippen MR) is 187 cm³/mol. The number of anilines is 1. The van der Waals surface area contributed by atoms with E-state index in [9.17, 15) is 76.7 Å². The first-order chi connectivity index (χ1) is 28.9. The van der Waals surface area contributed by atoms with Crippen molar-refractivity contribution in [2.24, 2.45) is 5.73 Å². The number of alkyl halides is 12. The number of nitrogens with zero attached hydrogens (tertiary/aromatic N) is 4. The molecule has 14 nitrogen and oxygen atoms in total. The quantitative estimate of drug-likeness (QED) is 0.185. The molecule has 0 spiro atoms. The maximum atomic E-state index is 14.8. The lowest BCUT2D eigenvalue weighted by Gasteiger charge is -2.59. The summed E-state index contributed by atoms with van der Waals surface area (Å²) in [6.07, 6.45) is -26.5. The summed E-state index contributed by atoms with van der Waals surface area (Å²) in [5, 5.41) is -1.20. The van der Waals surface area contributed by atoms with E-state index >= 15 is 0 Å². The van der Waals surface area contributed by atoms with Crippen molar-refractivity contribution in [2.75, 3.05) is 44.2 Å².